The highest BCUT2D eigenvalue weighted by molar-refractivity contribution is 5.97. The van der Waals surface area contributed by atoms with E-state index in [-0.39, 0.29) is 18.0 Å². The molecule has 0 saturated carbocycles. The first-order chi connectivity index (χ1) is 11.5. The van der Waals surface area contributed by atoms with E-state index in [0.717, 1.165) is 0 Å². The Bertz CT molecular complexity index is 995. The zero-order valence-electron chi connectivity index (χ0n) is 13.2. The van der Waals surface area contributed by atoms with Crippen LogP contribution in [0, 0.1) is 19.7 Å². The van der Waals surface area contributed by atoms with Gasteiger partial charge < -0.3 is 9.73 Å². The summed E-state index contributed by atoms with van der Waals surface area (Å²) in [6, 6.07) is 8.45. The largest absolute Gasteiger partial charge is 0.417 e. The number of nitrogens with one attached hydrogen (secondary N) is 1. The smallest absolute Gasteiger partial charge is 0.344 e. The maximum atomic E-state index is 13.9. The van der Waals surface area contributed by atoms with Crippen LogP contribution in [0.1, 0.15) is 27.4 Å². The lowest BCUT2D eigenvalue weighted by atomic mass is 10.1. The van der Waals surface area contributed by atoms with Crippen molar-refractivity contribution in [3.63, 3.8) is 0 Å². The summed E-state index contributed by atoms with van der Waals surface area (Å²) in [6.07, 6.45) is 1.47. The van der Waals surface area contributed by atoms with Gasteiger partial charge in [0.2, 0.25) is 0 Å². The van der Waals surface area contributed by atoms with Crippen LogP contribution in [0.4, 0.5) is 4.39 Å². The van der Waals surface area contributed by atoms with Gasteiger partial charge in [-0.15, -0.1) is 0 Å². The van der Waals surface area contributed by atoms with Crippen molar-refractivity contribution in [2.75, 3.05) is 0 Å². The fourth-order valence-corrected chi connectivity index (χ4v) is 2.52. The number of fused-ring (bicyclic) bond motifs is 1. The molecule has 0 spiro atoms. The first-order valence-electron chi connectivity index (χ1n) is 7.39. The summed E-state index contributed by atoms with van der Waals surface area (Å²) in [5.41, 5.74) is 0.549. The second kappa shape index (κ2) is 6.23. The number of carbonyl (C=O) groups excluding carboxylic acids is 1. The number of hydrogen-bond donors (Lipinski definition) is 1. The van der Waals surface area contributed by atoms with Gasteiger partial charge in [0.1, 0.15) is 5.82 Å². The second-order valence-corrected chi connectivity index (χ2v) is 5.46. The van der Waals surface area contributed by atoms with E-state index in [0.29, 0.717) is 21.9 Å². The van der Waals surface area contributed by atoms with Crippen LogP contribution in [-0.2, 0) is 6.54 Å². The lowest BCUT2D eigenvalue weighted by molar-refractivity contribution is 0.0917. The van der Waals surface area contributed by atoms with Gasteiger partial charge >= 0.3 is 5.63 Å². The highest BCUT2D eigenvalue weighted by Gasteiger charge is 2.17. The van der Waals surface area contributed by atoms with Crippen molar-refractivity contribution in [3.8, 4) is 0 Å². The zero-order chi connectivity index (χ0) is 17.3. The maximum absolute atomic E-state index is 13.9. The van der Waals surface area contributed by atoms with Gasteiger partial charge in [-0.25, -0.2) is 9.18 Å². The number of rotatable bonds is 3. The molecule has 0 aliphatic heterocycles. The Morgan fingerprint density at radius 1 is 1.21 bits per heavy atom. The molecule has 0 saturated heterocycles. The molecule has 0 radical (unpaired) electrons. The van der Waals surface area contributed by atoms with Gasteiger partial charge in [0.05, 0.1) is 17.6 Å². The van der Waals surface area contributed by atoms with E-state index in [4.69, 9.17) is 4.42 Å². The molecule has 0 aliphatic carbocycles. The molecule has 0 bridgehead atoms. The van der Waals surface area contributed by atoms with E-state index in [9.17, 15) is 14.0 Å². The summed E-state index contributed by atoms with van der Waals surface area (Å²) in [4.78, 5) is 28.3. The Kier molecular flexibility index (Phi) is 4.12. The monoisotopic (exact) mass is 326 g/mol. The van der Waals surface area contributed by atoms with Gasteiger partial charge in [0.15, 0.2) is 5.76 Å². The molecule has 3 rings (SSSR count). The van der Waals surface area contributed by atoms with Crippen LogP contribution >= 0.6 is 0 Å². The van der Waals surface area contributed by atoms with Crippen LogP contribution in [-0.4, -0.2) is 10.9 Å². The molecule has 122 valence electrons. The Labute approximate surface area is 137 Å². The Morgan fingerprint density at radius 3 is 2.67 bits per heavy atom. The summed E-state index contributed by atoms with van der Waals surface area (Å²) >= 11 is 0. The van der Waals surface area contributed by atoms with Gasteiger partial charge in [0, 0.05) is 11.8 Å². The first-order valence-corrected chi connectivity index (χ1v) is 7.39. The fraction of sp³-hybridized carbons (Fsp3) is 0.167. The molecular weight excluding hydrogens is 311 g/mol. The van der Waals surface area contributed by atoms with Crippen molar-refractivity contribution in [2.45, 2.75) is 20.4 Å². The van der Waals surface area contributed by atoms with Gasteiger partial charge in [-0.05, 0) is 36.9 Å². The molecule has 0 aliphatic rings. The standard InChI is InChI=1S/C18H15FN2O3/c1-10-7-8-20-14(15(10)19)9-21-17(22)16-11(2)12-5-3-4-6-13(12)18(23)24-16/h3-8H,9H2,1-2H3,(H,21,22). The van der Waals surface area contributed by atoms with E-state index in [1.807, 2.05) is 0 Å². The topological polar surface area (TPSA) is 72.2 Å². The summed E-state index contributed by atoms with van der Waals surface area (Å²) < 4.78 is 19.1. The van der Waals surface area contributed by atoms with Crippen LogP contribution in [0.3, 0.4) is 0 Å². The quantitative estimate of drug-likeness (QED) is 0.803. The number of pyridine rings is 1. The van der Waals surface area contributed by atoms with E-state index >= 15 is 0 Å². The molecule has 2 heterocycles. The minimum atomic E-state index is -0.585. The molecule has 1 N–H and O–H groups in total. The normalized spacial score (nSPS) is 10.8. The number of nitrogens with zero attached hydrogens (tertiary/aromatic N) is 1. The van der Waals surface area contributed by atoms with Crippen LogP contribution in [0.2, 0.25) is 0 Å². The van der Waals surface area contributed by atoms with Crippen molar-refractivity contribution in [1.82, 2.24) is 10.3 Å². The van der Waals surface area contributed by atoms with E-state index in [2.05, 4.69) is 10.3 Å². The number of aromatic nitrogens is 1. The minimum Gasteiger partial charge on any atom is -0.417 e. The van der Waals surface area contributed by atoms with Crippen molar-refractivity contribution in [2.24, 2.45) is 0 Å². The van der Waals surface area contributed by atoms with Crippen LogP contribution in [0.5, 0.6) is 0 Å². The second-order valence-electron chi connectivity index (χ2n) is 5.46. The SMILES string of the molecule is Cc1ccnc(CNC(=O)c2oc(=O)c3ccccc3c2C)c1F. The lowest BCUT2D eigenvalue weighted by Crippen LogP contribution is -2.26. The number of amides is 1. The van der Waals surface area contributed by atoms with Crippen LogP contribution in [0.25, 0.3) is 10.8 Å². The Morgan fingerprint density at radius 2 is 1.92 bits per heavy atom. The third-order valence-corrected chi connectivity index (χ3v) is 3.86. The van der Waals surface area contributed by atoms with Crippen molar-refractivity contribution >= 4 is 16.7 Å². The molecule has 24 heavy (non-hydrogen) atoms. The molecule has 0 fully saturated rings. The number of carbonyl (C=O) groups is 1. The summed E-state index contributed by atoms with van der Waals surface area (Å²) in [7, 11) is 0. The minimum absolute atomic E-state index is 0.0771. The molecule has 1 amide bonds. The third-order valence-electron chi connectivity index (χ3n) is 3.86. The van der Waals surface area contributed by atoms with Gasteiger partial charge in [-0.2, -0.15) is 0 Å². The van der Waals surface area contributed by atoms with Gasteiger partial charge in [0.25, 0.3) is 5.91 Å². The van der Waals surface area contributed by atoms with E-state index < -0.39 is 17.3 Å². The average molecular weight is 326 g/mol. The van der Waals surface area contributed by atoms with E-state index in [1.165, 1.54) is 6.20 Å². The number of halogens is 1. The van der Waals surface area contributed by atoms with Crippen LogP contribution < -0.4 is 10.9 Å². The average Bonchev–Trinajstić information content (AvgIpc) is 2.59. The van der Waals surface area contributed by atoms with Crippen molar-refractivity contribution in [1.29, 1.82) is 0 Å². The Balaban J connectivity index is 1.91. The summed E-state index contributed by atoms with van der Waals surface area (Å²) in [5, 5.41) is 3.61. The predicted octanol–water partition coefficient (Wildman–Crippen LogP) is 2.87. The lowest BCUT2D eigenvalue weighted by Gasteiger charge is -2.09. The highest BCUT2D eigenvalue weighted by Crippen LogP contribution is 2.18. The third kappa shape index (κ3) is 2.78. The summed E-state index contributed by atoms with van der Waals surface area (Å²) in [6.45, 7) is 3.23. The summed E-state index contributed by atoms with van der Waals surface area (Å²) in [5.74, 6) is -1.13. The molecule has 1 aromatic carbocycles. The van der Waals surface area contributed by atoms with Crippen LogP contribution in [0.15, 0.2) is 45.7 Å². The zero-order valence-corrected chi connectivity index (χ0v) is 13.2. The molecular formula is C18H15FN2O3. The van der Waals surface area contributed by atoms with Gasteiger partial charge in [-0.3, -0.25) is 9.78 Å². The molecule has 3 aromatic rings. The van der Waals surface area contributed by atoms with Crippen molar-refractivity contribution in [3.05, 3.63) is 75.3 Å². The number of aryl methyl sites for hydroxylation is 2. The van der Waals surface area contributed by atoms with Gasteiger partial charge in [-0.1, -0.05) is 18.2 Å². The van der Waals surface area contributed by atoms with Crippen molar-refractivity contribution < 1.29 is 13.6 Å². The first kappa shape index (κ1) is 15.9. The van der Waals surface area contributed by atoms with E-state index in [1.54, 1.807) is 44.2 Å². The number of benzene rings is 1. The highest BCUT2D eigenvalue weighted by atomic mass is 19.1. The molecule has 0 atom stereocenters. The fourth-order valence-electron chi connectivity index (χ4n) is 2.52. The predicted molar refractivity (Wildman–Crippen MR) is 87.3 cm³/mol. The Hall–Kier alpha value is -3.02. The molecule has 6 heteroatoms. The molecule has 0 unspecified atom stereocenters. The molecule has 5 nitrogen and oxygen atoms in total. The number of hydrogen-bond acceptors (Lipinski definition) is 4. The molecule has 2 aromatic heterocycles. The maximum Gasteiger partial charge on any atom is 0.344 e.